The highest BCUT2D eigenvalue weighted by Gasteiger charge is 2.39. The first-order chi connectivity index (χ1) is 14.9. The number of pyridine rings is 1. The molecule has 170 valence electrons. The van der Waals surface area contributed by atoms with Crippen molar-refractivity contribution in [1.29, 1.82) is 0 Å². The van der Waals surface area contributed by atoms with E-state index in [0.29, 0.717) is 6.07 Å². The standard InChI is InChI=1S/C19H15ClF5N5O2/c1-7-15(16(20)30-29-7)28-18(31)10-5-12(22)9(13-4-3-11(21)17(26)27-13)6-14(10)32-8(2)19(23,24)25/h3-6,8H,1-2H3,(H2,26,27)(H,28,31)(H,29,30)/t8-/m0/s1. The predicted molar refractivity (Wildman–Crippen MR) is 106 cm³/mol. The number of carbonyl (C=O) groups excluding carboxylic acids is 1. The summed E-state index contributed by atoms with van der Waals surface area (Å²) in [5.41, 5.74) is 4.67. The van der Waals surface area contributed by atoms with Crippen molar-refractivity contribution in [2.75, 3.05) is 11.1 Å². The van der Waals surface area contributed by atoms with Crippen LogP contribution in [0.1, 0.15) is 23.0 Å². The smallest absolute Gasteiger partial charge is 0.425 e. The van der Waals surface area contributed by atoms with E-state index in [4.69, 9.17) is 22.1 Å². The second-order valence-corrected chi connectivity index (χ2v) is 7.02. The molecular formula is C19H15ClF5N5O2. The first kappa shape index (κ1) is 23.3. The van der Waals surface area contributed by atoms with Crippen LogP contribution < -0.4 is 15.8 Å². The molecule has 2 heterocycles. The number of halogens is 6. The number of amides is 1. The summed E-state index contributed by atoms with van der Waals surface area (Å²) in [6.07, 6.45) is -7.11. The Balaban J connectivity index is 2.09. The molecule has 0 aliphatic rings. The molecule has 0 radical (unpaired) electrons. The molecule has 3 rings (SSSR count). The fourth-order valence-corrected chi connectivity index (χ4v) is 2.85. The molecule has 0 saturated carbocycles. The number of anilines is 2. The molecule has 4 N–H and O–H groups in total. The third-order valence-electron chi connectivity index (χ3n) is 4.37. The highest BCUT2D eigenvalue weighted by molar-refractivity contribution is 6.33. The molecule has 1 aromatic carbocycles. The molecule has 2 aromatic heterocycles. The van der Waals surface area contributed by atoms with Crippen LogP contribution in [0, 0.1) is 18.6 Å². The van der Waals surface area contributed by atoms with Gasteiger partial charge in [-0.2, -0.15) is 18.3 Å². The number of aromatic nitrogens is 3. The molecule has 13 heteroatoms. The fourth-order valence-electron chi connectivity index (χ4n) is 2.62. The predicted octanol–water partition coefficient (Wildman–Crippen LogP) is 4.88. The van der Waals surface area contributed by atoms with Crippen LogP contribution in [0.4, 0.5) is 33.5 Å². The van der Waals surface area contributed by atoms with Gasteiger partial charge in [0.1, 0.15) is 22.4 Å². The molecule has 0 aliphatic carbocycles. The van der Waals surface area contributed by atoms with Gasteiger partial charge in [-0.1, -0.05) is 11.6 Å². The molecule has 0 unspecified atom stereocenters. The van der Waals surface area contributed by atoms with E-state index in [-0.39, 0.29) is 27.8 Å². The maximum atomic E-state index is 14.8. The third-order valence-corrected chi connectivity index (χ3v) is 4.64. The van der Waals surface area contributed by atoms with Gasteiger partial charge in [-0.05, 0) is 38.1 Å². The van der Waals surface area contributed by atoms with Gasteiger partial charge in [0.2, 0.25) is 0 Å². The van der Waals surface area contributed by atoms with Crippen LogP contribution in [0.2, 0.25) is 5.15 Å². The lowest BCUT2D eigenvalue weighted by atomic mass is 10.0. The average Bonchev–Trinajstić information content (AvgIpc) is 3.02. The lowest BCUT2D eigenvalue weighted by molar-refractivity contribution is -0.189. The number of nitrogens with two attached hydrogens (primary N) is 1. The van der Waals surface area contributed by atoms with Crippen LogP contribution in [-0.2, 0) is 0 Å². The average molecular weight is 476 g/mol. The van der Waals surface area contributed by atoms with Gasteiger partial charge >= 0.3 is 6.18 Å². The normalized spacial score (nSPS) is 12.5. The number of hydrogen-bond acceptors (Lipinski definition) is 5. The van der Waals surface area contributed by atoms with Crippen LogP contribution in [0.3, 0.4) is 0 Å². The van der Waals surface area contributed by atoms with Gasteiger partial charge < -0.3 is 15.8 Å². The Hall–Kier alpha value is -3.41. The van der Waals surface area contributed by atoms with E-state index < -0.39 is 47.0 Å². The van der Waals surface area contributed by atoms with Crippen LogP contribution in [0.15, 0.2) is 24.3 Å². The summed E-state index contributed by atoms with van der Waals surface area (Å²) < 4.78 is 72.4. The van der Waals surface area contributed by atoms with Crippen molar-refractivity contribution in [3.63, 3.8) is 0 Å². The van der Waals surface area contributed by atoms with Gasteiger partial charge in [0.15, 0.2) is 17.7 Å². The van der Waals surface area contributed by atoms with Crippen molar-refractivity contribution in [3.05, 3.63) is 52.3 Å². The molecule has 7 nitrogen and oxygen atoms in total. The van der Waals surface area contributed by atoms with E-state index >= 15 is 0 Å². The zero-order valence-corrected chi connectivity index (χ0v) is 17.2. The van der Waals surface area contributed by atoms with Gasteiger partial charge in [0, 0.05) is 5.56 Å². The number of carbonyl (C=O) groups is 1. The highest BCUT2D eigenvalue weighted by Crippen LogP contribution is 2.34. The summed E-state index contributed by atoms with van der Waals surface area (Å²) >= 11 is 5.89. The topological polar surface area (TPSA) is 106 Å². The number of aromatic amines is 1. The van der Waals surface area contributed by atoms with Crippen molar-refractivity contribution in [1.82, 2.24) is 15.2 Å². The van der Waals surface area contributed by atoms with E-state index in [2.05, 4.69) is 20.5 Å². The summed E-state index contributed by atoms with van der Waals surface area (Å²) in [5.74, 6) is -4.03. The van der Waals surface area contributed by atoms with Gasteiger partial charge in [-0.25, -0.2) is 13.8 Å². The number of aryl methyl sites for hydroxylation is 1. The van der Waals surface area contributed by atoms with Crippen molar-refractivity contribution in [2.24, 2.45) is 0 Å². The van der Waals surface area contributed by atoms with Gasteiger partial charge in [0.05, 0.1) is 17.0 Å². The number of nitrogens with one attached hydrogen (secondary N) is 2. The van der Waals surface area contributed by atoms with Crippen LogP contribution in [0.25, 0.3) is 11.3 Å². The van der Waals surface area contributed by atoms with Crippen molar-refractivity contribution in [2.45, 2.75) is 26.1 Å². The summed E-state index contributed by atoms with van der Waals surface area (Å²) in [6, 6.07) is 3.53. The number of ether oxygens (including phenoxy) is 1. The largest absolute Gasteiger partial charge is 0.480 e. The quantitative estimate of drug-likeness (QED) is 0.456. The molecule has 32 heavy (non-hydrogen) atoms. The SMILES string of the molecule is Cc1n[nH]c(Cl)c1NC(=O)c1cc(F)c(-c2ccc(F)c(N)n2)cc1O[C@@H](C)C(F)(F)F. The zero-order chi connectivity index (χ0) is 23.8. The maximum absolute atomic E-state index is 14.8. The number of nitrogen functional groups attached to an aromatic ring is 1. The minimum atomic E-state index is -4.77. The Labute approximate surface area is 182 Å². The summed E-state index contributed by atoms with van der Waals surface area (Å²) in [4.78, 5) is 16.4. The van der Waals surface area contributed by atoms with Crippen LogP contribution in [0.5, 0.6) is 5.75 Å². The minimum Gasteiger partial charge on any atom is -0.480 e. The lowest BCUT2D eigenvalue weighted by Gasteiger charge is -2.20. The van der Waals surface area contributed by atoms with E-state index in [1.807, 2.05) is 0 Å². The summed E-state index contributed by atoms with van der Waals surface area (Å²) in [5, 5.41) is 8.50. The number of H-pyrrole nitrogens is 1. The molecule has 0 fully saturated rings. The molecule has 1 atom stereocenters. The first-order valence-corrected chi connectivity index (χ1v) is 9.27. The number of alkyl halides is 3. The summed E-state index contributed by atoms with van der Waals surface area (Å²) in [6.45, 7) is 2.23. The Morgan fingerprint density at radius 3 is 2.50 bits per heavy atom. The van der Waals surface area contributed by atoms with E-state index in [0.717, 1.165) is 25.1 Å². The van der Waals surface area contributed by atoms with Gasteiger partial charge in [0.25, 0.3) is 5.91 Å². The maximum Gasteiger partial charge on any atom is 0.425 e. The van der Waals surface area contributed by atoms with Gasteiger partial charge in [-0.15, -0.1) is 0 Å². The van der Waals surface area contributed by atoms with Gasteiger partial charge in [-0.3, -0.25) is 9.89 Å². The summed E-state index contributed by atoms with van der Waals surface area (Å²) in [7, 11) is 0. The van der Waals surface area contributed by atoms with E-state index in [9.17, 15) is 26.7 Å². The third kappa shape index (κ3) is 4.74. The van der Waals surface area contributed by atoms with Crippen molar-refractivity contribution in [3.8, 4) is 17.0 Å². The molecule has 3 aromatic rings. The molecule has 0 spiro atoms. The second kappa shape index (κ2) is 8.61. The fraction of sp³-hybridized carbons (Fsp3) is 0.211. The Bertz CT molecular complexity index is 1160. The molecular weight excluding hydrogens is 461 g/mol. The zero-order valence-electron chi connectivity index (χ0n) is 16.4. The molecule has 0 bridgehead atoms. The molecule has 1 amide bonds. The van der Waals surface area contributed by atoms with Crippen LogP contribution in [-0.4, -0.2) is 33.4 Å². The monoisotopic (exact) mass is 475 g/mol. The Morgan fingerprint density at radius 1 is 1.25 bits per heavy atom. The molecule has 0 saturated heterocycles. The number of rotatable bonds is 5. The number of hydrogen-bond donors (Lipinski definition) is 3. The first-order valence-electron chi connectivity index (χ1n) is 8.89. The van der Waals surface area contributed by atoms with Crippen molar-refractivity contribution >= 4 is 29.0 Å². The van der Waals surface area contributed by atoms with Crippen LogP contribution >= 0.6 is 11.6 Å². The molecule has 0 aliphatic heterocycles. The lowest BCUT2D eigenvalue weighted by Crippen LogP contribution is -2.32. The minimum absolute atomic E-state index is 0.0370. The van der Waals surface area contributed by atoms with Crippen molar-refractivity contribution < 1.29 is 31.5 Å². The van der Waals surface area contributed by atoms with E-state index in [1.165, 1.54) is 6.92 Å². The van der Waals surface area contributed by atoms with E-state index in [1.54, 1.807) is 0 Å². The second-order valence-electron chi connectivity index (χ2n) is 6.65. The highest BCUT2D eigenvalue weighted by atomic mass is 35.5. The number of benzene rings is 1. The Kier molecular flexibility index (Phi) is 6.26. The number of nitrogens with zero attached hydrogens (tertiary/aromatic N) is 2. The Morgan fingerprint density at radius 2 is 1.94 bits per heavy atom.